The standard InChI is InChI=1S/C20H21ClF3N5S/c1-28(11-14-15(21)3-2-4-16(14)22)13-5-6-29(10-13)19-8-17(23)12(7-18(19)24)9-26-27-20(25)30/h2-4,7-9,13H,5-6,10-11H2,1H3,(H3,25,27,30)/t13-/m1/s1. The van der Waals surface area contributed by atoms with Crippen molar-refractivity contribution in [1.82, 2.24) is 10.3 Å². The third-order valence-corrected chi connectivity index (χ3v) is 5.49. The molecule has 1 atom stereocenters. The summed E-state index contributed by atoms with van der Waals surface area (Å²) in [6.07, 6.45) is 1.84. The highest BCUT2D eigenvalue weighted by molar-refractivity contribution is 7.80. The Bertz CT molecular complexity index is 951. The SMILES string of the molecule is CN(Cc1c(F)cccc1Cl)[C@@H]1CCN(c2cc(F)c(C=NNC(N)=S)cc2F)C1. The molecule has 0 saturated carbocycles. The number of likely N-dealkylation sites (N-methyl/N-ethyl adjacent to an activating group) is 1. The van der Waals surface area contributed by atoms with E-state index in [4.69, 9.17) is 17.3 Å². The summed E-state index contributed by atoms with van der Waals surface area (Å²) >= 11 is 10.7. The molecule has 0 aliphatic carbocycles. The van der Waals surface area contributed by atoms with Gasteiger partial charge in [-0.05, 0) is 43.9 Å². The number of hydrazone groups is 1. The van der Waals surface area contributed by atoms with Gasteiger partial charge in [0.1, 0.15) is 17.5 Å². The summed E-state index contributed by atoms with van der Waals surface area (Å²) in [6, 6.07) is 6.84. The van der Waals surface area contributed by atoms with Crippen molar-refractivity contribution in [1.29, 1.82) is 0 Å². The van der Waals surface area contributed by atoms with E-state index in [-0.39, 0.29) is 28.2 Å². The lowest BCUT2D eigenvalue weighted by molar-refractivity contribution is 0.247. The first kappa shape index (κ1) is 22.3. The highest BCUT2D eigenvalue weighted by Crippen LogP contribution is 2.29. The Morgan fingerprint density at radius 3 is 2.80 bits per heavy atom. The number of thiocarbonyl (C=S) groups is 1. The van der Waals surface area contributed by atoms with Gasteiger partial charge in [-0.25, -0.2) is 13.2 Å². The largest absolute Gasteiger partial charge is 0.375 e. The third kappa shape index (κ3) is 5.21. The van der Waals surface area contributed by atoms with Crippen LogP contribution in [-0.2, 0) is 6.54 Å². The molecule has 1 aliphatic heterocycles. The Morgan fingerprint density at radius 2 is 2.10 bits per heavy atom. The molecule has 0 spiro atoms. The minimum atomic E-state index is -0.616. The highest BCUT2D eigenvalue weighted by Gasteiger charge is 2.28. The second-order valence-electron chi connectivity index (χ2n) is 7.06. The molecule has 0 unspecified atom stereocenters. The van der Waals surface area contributed by atoms with Gasteiger partial charge >= 0.3 is 0 Å². The maximum atomic E-state index is 14.6. The van der Waals surface area contributed by atoms with Crippen LogP contribution in [0.1, 0.15) is 17.5 Å². The number of nitrogens with two attached hydrogens (primary N) is 1. The Hall–Kier alpha value is -2.36. The number of nitrogens with one attached hydrogen (secondary N) is 1. The number of rotatable bonds is 6. The number of benzene rings is 2. The van der Waals surface area contributed by atoms with Crippen molar-refractivity contribution in [2.24, 2.45) is 10.8 Å². The Balaban J connectivity index is 1.69. The molecule has 0 radical (unpaired) electrons. The molecule has 1 heterocycles. The van der Waals surface area contributed by atoms with Crippen LogP contribution in [0.4, 0.5) is 18.9 Å². The van der Waals surface area contributed by atoms with Crippen LogP contribution in [0.15, 0.2) is 35.4 Å². The topological polar surface area (TPSA) is 56.9 Å². The van der Waals surface area contributed by atoms with Crippen LogP contribution in [0.5, 0.6) is 0 Å². The molecule has 3 N–H and O–H groups in total. The number of hydrogen-bond donors (Lipinski definition) is 2. The molecule has 1 fully saturated rings. The molecule has 1 aliphatic rings. The van der Waals surface area contributed by atoms with Crippen molar-refractivity contribution >= 4 is 40.8 Å². The molecule has 10 heteroatoms. The van der Waals surface area contributed by atoms with Gasteiger partial charge in [-0.15, -0.1) is 0 Å². The van der Waals surface area contributed by atoms with E-state index in [9.17, 15) is 13.2 Å². The van der Waals surface area contributed by atoms with E-state index in [1.54, 1.807) is 17.0 Å². The molecule has 5 nitrogen and oxygen atoms in total. The van der Waals surface area contributed by atoms with Crippen LogP contribution in [0.3, 0.4) is 0 Å². The van der Waals surface area contributed by atoms with Crippen LogP contribution in [0.25, 0.3) is 0 Å². The van der Waals surface area contributed by atoms with E-state index in [0.29, 0.717) is 30.2 Å². The Labute approximate surface area is 183 Å². The molecule has 2 aromatic rings. The first-order valence-electron chi connectivity index (χ1n) is 9.22. The summed E-state index contributed by atoms with van der Waals surface area (Å²) in [4.78, 5) is 3.75. The molecule has 1 saturated heterocycles. The summed E-state index contributed by atoms with van der Waals surface area (Å²) < 4.78 is 43.1. The molecule has 3 rings (SSSR count). The first-order valence-corrected chi connectivity index (χ1v) is 10.0. The van der Waals surface area contributed by atoms with Crippen LogP contribution < -0.4 is 16.1 Å². The second kappa shape index (κ2) is 9.63. The first-order chi connectivity index (χ1) is 14.3. The van der Waals surface area contributed by atoms with E-state index in [2.05, 4.69) is 22.7 Å². The lowest BCUT2D eigenvalue weighted by Gasteiger charge is -2.26. The van der Waals surface area contributed by atoms with Crippen molar-refractivity contribution < 1.29 is 13.2 Å². The molecular weight excluding hydrogens is 435 g/mol. The van der Waals surface area contributed by atoms with E-state index in [0.717, 1.165) is 24.8 Å². The van der Waals surface area contributed by atoms with Crippen LogP contribution in [0.2, 0.25) is 5.02 Å². The van der Waals surface area contributed by atoms with Crippen molar-refractivity contribution in [2.75, 3.05) is 25.0 Å². The average molecular weight is 456 g/mol. The minimum Gasteiger partial charge on any atom is -0.375 e. The lowest BCUT2D eigenvalue weighted by atomic mass is 10.1. The quantitative estimate of drug-likeness (QED) is 0.396. The molecule has 0 bridgehead atoms. The highest BCUT2D eigenvalue weighted by atomic mass is 35.5. The van der Waals surface area contributed by atoms with E-state index < -0.39 is 11.6 Å². The van der Waals surface area contributed by atoms with Gasteiger partial charge in [0.05, 0.1) is 11.9 Å². The predicted octanol–water partition coefficient (Wildman–Crippen LogP) is 3.64. The Kier molecular flexibility index (Phi) is 7.17. The van der Waals surface area contributed by atoms with Gasteiger partial charge in [-0.3, -0.25) is 10.3 Å². The molecule has 30 heavy (non-hydrogen) atoms. The lowest BCUT2D eigenvalue weighted by Crippen LogP contribution is -2.34. The summed E-state index contributed by atoms with van der Waals surface area (Å²) in [5.74, 6) is -1.54. The zero-order valence-electron chi connectivity index (χ0n) is 16.2. The van der Waals surface area contributed by atoms with Crippen molar-refractivity contribution in [2.45, 2.75) is 19.0 Å². The molecule has 0 aromatic heterocycles. The third-order valence-electron chi connectivity index (χ3n) is 5.04. The predicted molar refractivity (Wildman–Crippen MR) is 117 cm³/mol. The zero-order valence-corrected chi connectivity index (χ0v) is 17.8. The Morgan fingerprint density at radius 1 is 1.33 bits per heavy atom. The summed E-state index contributed by atoms with van der Waals surface area (Å²) in [5, 5.41) is 3.94. The molecular formula is C20H21ClF3N5S. The van der Waals surface area contributed by atoms with Gasteiger partial charge in [0.15, 0.2) is 5.11 Å². The van der Waals surface area contributed by atoms with Gasteiger partial charge < -0.3 is 10.6 Å². The monoisotopic (exact) mass is 455 g/mol. The minimum absolute atomic E-state index is 0.0259. The zero-order chi connectivity index (χ0) is 21.8. The van der Waals surface area contributed by atoms with Crippen LogP contribution >= 0.6 is 23.8 Å². The smallest absolute Gasteiger partial charge is 0.184 e. The molecule has 160 valence electrons. The van der Waals surface area contributed by atoms with Crippen LogP contribution in [0, 0.1) is 17.5 Å². The van der Waals surface area contributed by atoms with E-state index in [1.807, 2.05) is 11.9 Å². The maximum absolute atomic E-state index is 14.6. The summed E-state index contributed by atoms with van der Waals surface area (Å²) in [5.41, 5.74) is 8.10. The number of nitrogens with zero attached hydrogens (tertiary/aromatic N) is 3. The summed E-state index contributed by atoms with van der Waals surface area (Å²) in [6.45, 7) is 1.36. The fraction of sp³-hybridized carbons (Fsp3) is 0.300. The fourth-order valence-electron chi connectivity index (χ4n) is 3.44. The second-order valence-corrected chi connectivity index (χ2v) is 7.91. The average Bonchev–Trinajstić information content (AvgIpc) is 3.17. The molecule has 2 aromatic carbocycles. The number of halogens is 4. The van der Waals surface area contributed by atoms with Crippen molar-refractivity contribution in [3.8, 4) is 0 Å². The van der Waals surface area contributed by atoms with E-state index in [1.165, 1.54) is 6.07 Å². The summed E-state index contributed by atoms with van der Waals surface area (Å²) in [7, 11) is 1.86. The van der Waals surface area contributed by atoms with Gasteiger partial charge in [0.2, 0.25) is 0 Å². The van der Waals surface area contributed by atoms with Gasteiger partial charge in [0.25, 0.3) is 0 Å². The van der Waals surface area contributed by atoms with E-state index >= 15 is 0 Å². The normalized spacial score (nSPS) is 16.6. The number of anilines is 1. The van der Waals surface area contributed by atoms with Gasteiger partial charge in [-0.2, -0.15) is 5.10 Å². The van der Waals surface area contributed by atoms with Crippen LogP contribution in [-0.4, -0.2) is 42.4 Å². The van der Waals surface area contributed by atoms with Crippen molar-refractivity contribution in [3.63, 3.8) is 0 Å². The fourth-order valence-corrected chi connectivity index (χ4v) is 3.72. The molecule has 0 amide bonds. The van der Waals surface area contributed by atoms with Gasteiger partial charge in [-0.1, -0.05) is 17.7 Å². The number of hydrogen-bond acceptors (Lipinski definition) is 4. The van der Waals surface area contributed by atoms with Gasteiger partial charge in [0, 0.05) is 47.9 Å². The van der Waals surface area contributed by atoms with Crippen molar-refractivity contribution in [3.05, 3.63) is 63.9 Å². The maximum Gasteiger partial charge on any atom is 0.184 e.